The molecule has 0 aromatic carbocycles. The van der Waals surface area contributed by atoms with Crippen LogP contribution in [0, 0.1) is 0 Å². The summed E-state index contributed by atoms with van der Waals surface area (Å²) in [4.78, 5) is 35.7. The van der Waals surface area contributed by atoms with Gasteiger partial charge in [-0.1, -0.05) is 0 Å². The Morgan fingerprint density at radius 3 is 2.81 bits per heavy atom. The first-order valence-corrected chi connectivity index (χ1v) is 8.38. The lowest BCUT2D eigenvalue weighted by atomic mass is 10.1. The monoisotopic (exact) mass is 347 g/mol. The highest BCUT2D eigenvalue weighted by Gasteiger charge is 2.31. The van der Waals surface area contributed by atoms with Crippen LogP contribution in [-0.2, 0) is 0 Å². The van der Waals surface area contributed by atoms with Crippen molar-refractivity contribution in [2.45, 2.75) is 18.9 Å². The molecule has 0 radical (unpaired) electrons. The number of carbonyl (C=O) groups excluding carboxylic acids is 1. The number of carbonyl (C=O) groups is 1. The first-order valence-electron chi connectivity index (χ1n) is 8.38. The van der Waals surface area contributed by atoms with Crippen LogP contribution in [0.2, 0.25) is 0 Å². The lowest BCUT2D eigenvalue weighted by molar-refractivity contribution is 0.0732. The van der Waals surface area contributed by atoms with Crippen LogP contribution in [0.4, 0.5) is 11.8 Å². The van der Waals surface area contributed by atoms with E-state index in [0.29, 0.717) is 23.9 Å². The molecule has 1 fully saturated rings. The number of aromatic nitrogens is 5. The zero-order valence-electron chi connectivity index (χ0n) is 14.0. The van der Waals surface area contributed by atoms with Gasteiger partial charge < -0.3 is 10.2 Å². The van der Waals surface area contributed by atoms with Gasteiger partial charge in [-0.05, 0) is 31.0 Å². The van der Waals surface area contributed by atoms with Crippen molar-refractivity contribution in [3.8, 4) is 0 Å². The third kappa shape index (κ3) is 3.34. The second-order valence-corrected chi connectivity index (χ2v) is 5.92. The maximum atomic E-state index is 12.8. The van der Waals surface area contributed by atoms with Crippen molar-refractivity contribution in [1.82, 2.24) is 29.8 Å². The van der Waals surface area contributed by atoms with E-state index in [1.54, 1.807) is 49.3 Å². The van der Waals surface area contributed by atoms with Gasteiger partial charge in [0, 0.05) is 37.5 Å². The largest absolute Gasteiger partial charge is 0.330 e. The van der Waals surface area contributed by atoms with Gasteiger partial charge in [0.25, 0.3) is 5.91 Å². The van der Waals surface area contributed by atoms with E-state index in [1.807, 2.05) is 11.0 Å². The molecular formula is C18H17N7O. The molecular weight excluding hydrogens is 330 g/mol. The Morgan fingerprint density at radius 1 is 1.08 bits per heavy atom. The molecule has 0 aliphatic carbocycles. The zero-order valence-corrected chi connectivity index (χ0v) is 14.0. The topological polar surface area (TPSA) is 96.8 Å². The summed E-state index contributed by atoms with van der Waals surface area (Å²) in [6.07, 6.45) is 11.5. The number of pyridine rings is 1. The molecule has 3 aromatic rings. The normalized spacial score (nSPS) is 16.5. The van der Waals surface area contributed by atoms with Crippen LogP contribution in [0.3, 0.4) is 0 Å². The van der Waals surface area contributed by atoms with Crippen molar-refractivity contribution in [2.75, 3.05) is 11.9 Å². The maximum Gasteiger partial charge on any atom is 0.255 e. The minimum Gasteiger partial charge on any atom is -0.330 e. The smallest absolute Gasteiger partial charge is 0.255 e. The van der Waals surface area contributed by atoms with E-state index in [1.165, 1.54) is 0 Å². The molecule has 4 heterocycles. The summed E-state index contributed by atoms with van der Waals surface area (Å²) in [6.45, 7) is 0.704. The van der Waals surface area contributed by atoms with Crippen LogP contribution in [-0.4, -0.2) is 42.3 Å². The molecule has 0 bridgehead atoms. The maximum absolute atomic E-state index is 12.8. The van der Waals surface area contributed by atoms with E-state index < -0.39 is 0 Å². The molecule has 3 aromatic heterocycles. The Morgan fingerprint density at radius 2 is 2.00 bits per heavy atom. The van der Waals surface area contributed by atoms with Crippen LogP contribution in [0.25, 0.3) is 0 Å². The summed E-state index contributed by atoms with van der Waals surface area (Å²) in [7, 11) is 0. The first-order chi connectivity index (χ1) is 12.8. The minimum absolute atomic E-state index is 0.0253. The third-order valence-electron chi connectivity index (χ3n) is 4.24. The van der Waals surface area contributed by atoms with Crippen LogP contribution >= 0.6 is 0 Å². The van der Waals surface area contributed by atoms with Crippen LogP contribution < -0.4 is 5.32 Å². The van der Waals surface area contributed by atoms with E-state index in [4.69, 9.17) is 0 Å². The van der Waals surface area contributed by atoms with Crippen molar-refractivity contribution in [3.63, 3.8) is 0 Å². The number of nitrogens with zero attached hydrogens (tertiary/aromatic N) is 6. The predicted molar refractivity (Wildman–Crippen MR) is 94.6 cm³/mol. The van der Waals surface area contributed by atoms with E-state index in [-0.39, 0.29) is 11.9 Å². The summed E-state index contributed by atoms with van der Waals surface area (Å²) in [5.74, 6) is 0.977. The number of likely N-dealkylation sites (tertiary alicyclic amines) is 1. The van der Waals surface area contributed by atoms with Gasteiger partial charge in [0.1, 0.15) is 0 Å². The van der Waals surface area contributed by atoms with Gasteiger partial charge in [0.2, 0.25) is 5.95 Å². The highest BCUT2D eigenvalue weighted by Crippen LogP contribution is 2.32. The van der Waals surface area contributed by atoms with Crippen molar-refractivity contribution in [2.24, 2.45) is 0 Å². The molecule has 1 aliphatic heterocycles. The van der Waals surface area contributed by atoms with Gasteiger partial charge in [0.15, 0.2) is 5.82 Å². The Bertz CT molecular complexity index is 888. The summed E-state index contributed by atoms with van der Waals surface area (Å²) in [5.41, 5.74) is 1.40. The second-order valence-electron chi connectivity index (χ2n) is 5.92. The average molecular weight is 347 g/mol. The predicted octanol–water partition coefficient (Wildman–Crippen LogP) is 2.38. The third-order valence-corrected chi connectivity index (χ3v) is 4.24. The minimum atomic E-state index is -0.0758. The van der Waals surface area contributed by atoms with Crippen LogP contribution in [0.15, 0.2) is 55.4 Å². The van der Waals surface area contributed by atoms with E-state index in [2.05, 4.69) is 30.2 Å². The summed E-state index contributed by atoms with van der Waals surface area (Å²) in [5, 5.41) is 3.03. The van der Waals surface area contributed by atoms with Gasteiger partial charge in [-0.3, -0.25) is 14.8 Å². The van der Waals surface area contributed by atoms with Gasteiger partial charge in [-0.2, -0.15) is 0 Å². The molecule has 130 valence electrons. The SMILES string of the molecule is O=C(c1cccnc1)N1CCC[C@@H]1c1ccnc(Nc2cnccn2)n1. The Hall–Kier alpha value is -3.42. The number of hydrogen-bond acceptors (Lipinski definition) is 7. The molecule has 1 amide bonds. The molecule has 4 rings (SSSR count). The lowest BCUT2D eigenvalue weighted by Crippen LogP contribution is -2.31. The van der Waals surface area contributed by atoms with E-state index in [0.717, 1.165) is 18.5 Å². The molecule has 0 saturated carbocycles. The molecule has 1 atom stereocenters. The van der Waals surface area contributed by atoms with Gasteiger partial charge in [-0.15, -0.1) is 0 Å². The molecule has 8 heteroatoms. The van der Waals surface area contributed by atoms with Gasteiger partial charge in [0.05, 0.1) is 23.5 Å². The highest BCUT2D eigenvalue weighted by molar-refractivity contribution is 5.94. The van der Waals surface area contributed by atoms with Crippen LogP contribution in [0.1, 0.15) is 34.9 Å². The molecule has 1 aliphatic rings. The molecule has 1 N–H and O–H groups in total. The zero-order chi connectivity index (χ0) is 17.8. The Balaban J connectivity index is 1.56. The quantitative estimate of drug-likeness (QED) is 0.774. The van der Waals surface area contributed by atoms with Gasteiger partial charge >= 0.3 is 0 Å². The standard InChI is InChI=1S/C18H17N7O/c26-17(13-3-1-6-19-11-13)25-10-2-4-15(25)14-5-7-22-18(23-14)24-16-12-20-8-9-21-16/h1,3,5-9,11-12,15H,2,4,10H2,(H,21,22,23,24)/t15-/m1/s1. The van der Waals surface area contributed by atoms with Gasteiger partial charge in [-0.25, -0.2) is 15.0 Å². The van der Waals surface area contributed by atoms with Crippen molar-refractivity contribution in [3.05, 3.63) is 66.6 Å². The van der Waals surface area contributed by atoms with E-state index >= 15 is 0 Å². The number of amides is 1. The van der Waals surface area contributed by atoms with Crippen molar-refractivity contribution < 1.29 is 4.79 Å². The molecule has 26 heavy (non-hydrogen) atoms. The molecule has 0 spiro atoms. The van der Waals surface area contributed by atoms with Crippen molar-refractivity contribution >= 4 is 17.7 Å². The first kappa shape index (κ1) is 16.1. The fraction of sp³-hybridized carbons (Fsp3) is 0.222. The number of hydrogen-bond donors (Lipinski definition) is 1. The Labute approximate surface area is 150 Å². The Kier molecular flexibility index (Phi) is 4.46. The lowest BCUT2D eigenvalue weighted by Gasteiger charge is -2.24. The van der Waals surface area contributed by atoms with Crippen LogP contribution in [0.5, 0.6) is 0 Å². The summed E-state index contributed by atoms with van der Waals surface area (Å²) >= 11 is 0. The highest BCUT2D eigenvalue weighted by atomic mass is 16.2. The number of anilines is 2. The van der Waals surface area contributed by atoms with E-state index in [9.17, 15) is 4.79 Å². The fourth-order valence-electron chi connectivity index (χ4n) is 3.07. The second kappa shape index (κ2) is 7.22. The molecule has 0 unspecified atom stereocenters. The molecule has 8 nitrogen and oxygen atoms in total. The fourth-order valence-corrected chi connectivity index (χ4v) is 3.07. The van der Waals surface area contributed by atoms with Crippen molar-refractivity contribution in [1.29, 1.82) is 0 Å². The summed E-state index contributed by atoms with van der Waals surface area (Å²) < 4.78 is 0. The summed E-state index contributed by atoms with van der Waals surface area (Å²) in [6, 6.07) is 5.33. The number of rotatable bonds is 4. The number of nitrogens with one attached hydrogen (secondary N) is 1. The molecule has 1 saturated heterocycles. The average Bonchev–Trinajstić information content (AvgIpc) is 3.19.